The van der Waals surface area contributed by atoms with Gasteiger partial charge in [0.1, 0.15) is 0 Å². The molecule has 7 heteroatoms. The summed E-state index contributed by atoms with van der Waals surface area (Å²) in [6.07, 6.45) is 3.80. The summed E-state index contributed by atoms with van der Waals surface area (Å²) < 4.78 is 7.02. The van der Waals surface area contributed by atoms with Gasteiger partial charge < -0.3 is 4.57 Å². The molecular formula is C44H26N6S. The summed E-state index contributed by atoms with van der Waals surface area (Å²) in [6, 6.07) is 51.0. The molecule has 0 atom stereocenters. The maximum Gasteiger partial charge on any atom is 0.238 e. The Hall–Kier alpha value is -6.70. The first-order chi connectivity index (χ1) is 25.3. The van der Waals surface area contributed by atoms with Gasteiger partial charge in [-0.2, -0.15) is 9.97 Å². The summed E-state index contributed by atoms with van der Waals surface area (Å²) in [5, 5.41) is 7.12. The lowest BCUT2D eigenvalue weighted by Crippen LogP contribution is -2.07. The number of aromatic nitrogens is 6. The molecule has 0 aliphatic heterocycles. The van der Waals surface area contributed by atoms with Gasteiger partial charge in [-0.3, -0.25) is 9.55 Å². The third-order valence-corrected chi connectivity index (χ3v) is 11.0. The highest BCUT2D eigenvalue weighted by atomic mass is 32.1. The summed E-state index contributed by atoms with van der Waals surface area (Å²) in [4.78, 5) is 20.2. The molecule has 0 radical (unpaired) electrons. The zero-order valence-electron chi connectivity index (χ0n) is 27.1. The van der Waals surface area contributed by atoms with E-state index in [2.05, 4.69) is 142 Å². The summed E-state index contributed by atoms with van der Waals surface area (Å²) in [6.45, 7) is 0. The van der Waals surface area contributed by atoms with Crippen LogP contribution >= 0.6 is 11.3 Å². The second-order valence-electron chi connectivity index (χ2n) is 12.7. The average molecular weight is 671 g/mol. The number of thiophene rings is 1. The van der Waals surface area contributed by atoms with Crippen molar-refractivity contribution in [3.63, 3.8) is 0 Å². The van der Waals surface area contributed by atoms with E-state index in [0.29, 0.717) is 17.6 Å². The van der Waals surface area contributed by atoms with Crippen LogP contribution in [0, 0.1) is 0 Å². The number of pyridine rings is 1. The van der Waals surface area contributed by atoms with Crippen molar-refractivity contribution in [2.24, 2.45) is 0 Å². The topological polar surface area (TPSA) is 61.4 Å². The van der Waals surface area contributed by atoms with E-state index < -0.39 is 0 Å². The number of fused-ring (bicyclic) bond motifs is 9. The van der Waals surface area contributed by atoms with Gasteiger partial charge in [-0.1, -0.05) is 97.1 Å². The lowest BCUT2D eigenvalue weighted by molar-refractivity contribution is 0.952. The molecule has 6 nitrogen and oxygen atoms in total. The van der Waals surface area contributed by atoms with Crippen molar-refractivity contribution in [1.82, 2.24) is 29.1 Å². The van der Waals surface area contributed by atoms with Crippen molar-refractivity contribution in [3.8, 4) is 34.4 Å². The first-order valence-electron chi connectivity index (χ1n) is 16.9. The Morgan fingerprint density at radius 2 is 1.10 bits per heavy atom. The Morgan fingerprint density at radius 1 is 0.431 bits per heavy atom. The largest absolute Gasteiger partial charge is 0.308 e. The molecule has 0 aliphatic carbocycles. The summed E-state index contributed by atoms with van der Waals surface area (Å²) in [5.41, 5.74) is 7.11. The van der Waals surface area contributed by atoms with E-state index in [9.17, 15) is 0 Å². The minimum Gasteiger partial charge on any atom is -0.308 e. The van der Waals surface area contributed by atoms with Gasteiger partial charge in [0.05, 0.1) is 27.8 Å². The van der Waals surface area contributed by atoms with Gasteiger partial charge >= 0.3 is 0 Å². The van der Waals surface area contributed by atoms with Gasteiger partial charge in [0.2, 0.25) is 5.95 Å². The first kappa shape index (κ1) is 28.2. The molecule has 0 aliphatic rings. The van der Waals surface area contributed by atoms with E-state index >= 15 is 0 Å². The third-order valence-electron chi connectivity index (χ3n) is 9.89. The molecule has 0 spiro atoms. The van der Waals surface area contributed by atoms with Crippen LogP contribution in [-0.2, 0) is 0 Å². The first-order valence-corrected chi connectivity index (χ1v) is 17.7. The van der Waals surface area contributed by atoms with E-state index in [1.54, 1.807) is 0 Å². The van der Waals surface area contributed by atoms with Crippen molar-refractivity contribution in [2.45, 2.75) is 0 Å². The smallest absolute Gasteiger partial charge is 0.238 e. The van der Waals surface area contributed by atoms with Crippen LogP contribution in [0.4, 0.5) is 0 Å². The fraction of sp³-hybridized carbons (Fsp3) is 0. The quantitative estimate of drug-likeness (QED) is 0.187. The van der Waals surface area contributed by atoms with Gasteiger partial charge in [-0.05, 0) is 48.5 Å². The summed E-state index contributed by atoms with van der Waals surface area (Å²) in [5.74, 6) is 1.79. The molecule has 5 aromatic heterocycles. The molecule has 0 saturated carbocycles. The number of para-hydroxylation sites is 3. The Balaban J connectivity index is 1.22. The Kier molecular flexibility index (Phi) is 6.02. The van der Waals surface area contributed by atoms with Crippen LogP contribution in [0.15, 0.2) is 158 Å². The van der Waals surface area contributed by atoms with Crippen LogP contribution in [0.1, 0.15) is 0 Å². The van der Waals surface area contributed by atoms with Crippen LogP contribution in [0.25, 0.3) is 98.2 Å². The maximum absolute atomic E-state index is 5.34. The normalized spacial score (nSPS) is 11.9. The van der Waals surface area contributed by atoms with Crippen molar-refractivity contribution >= 4 is 75.1 Å². The predicted molar refractivity (Wildman–Crippen MR) is 210 cm³/mol. The highest BCUT2D eigenvalue weighted by Gasteiger charge is 2.22. The van der Waals surface area contributed by atoms with Crippen molar-refractivity contribution in [1.29, 1.82) is 0 Å². The van der Waals surface area contributed by atoms with Gasteiger partial charge in [-0.15, -0.1) is 11.3 Å². The van der Waals surface area contributed by atoms with Gasteiger partial charge in [0.25, 0.3) is 0 Å². The molecule has 51 heavy (non-hydrogen) atoms. The van der Waals surface area contributed by atoms with Gasteiger partial charge in [0.15, 0.2) is 11.6 Å². The fourth-order valence-electron chi connectivity index (χ4n) is 7.64. The number of benzene rings is 6. The standard InChI is InChI=1S/C44H26N6S/c1-2-12-27(13-3-1)42-46-43(31-17-6-10-20-37(31)49-35-18-8-5-15-29(35)34-26-45-23-22-38(34)49)48-44(47-42)50-36-19-9-4-14-28(36)32-24-33-30-16-7-11-21-40(30)51-41(33)25-39(32)50/h1-26H. The molecule has 238 valence electrons. The van der Waals surface area contributed by atoms with E-state index in [-0.39, 0.29) is 0 Å². The Bertz CT molecular complexity index is 3100. The van der Waals surface area contributed by atoms with E-state index in [0.717, 1.165) is 55.0 Å². The maximum atomic E-state index is 5.34. The molecular weight excluding hydrogens is 645 g/mol. The Labute approximate surface area is 295 Å². The molecule has 0 bridgehead atoms. The number of rotatable bonds is 4. The monoisotopic (exact) mass is 670 g/mol. The number of hydrogen-bond acceptors (Lipinski definition) is 5. The van der Waals surface area contributed by atoms with Gasteiger partial charge in [0, 0.05) is 65.2 Å². The van der Waals surface area contributed by atoms with Crippen LogP contribution in [0.3, 0.4) is 0 Å². The Morgan fingerprint density at radius 3 is 1.96 bits per heavy atom. The molecule has 6 aromatic carbocycles. The number of nitrogens with zero attached hydrogens (tertiary/aromatic N) is 6. The molecule has 0 N–H and O–H groups in total. The van der Waals surface area contributed by atoms with Crippen LogP contribution in [0.2, 0.25) is 0 Å². The zero-order valence-corrected chi connectivity index (χ0v) is 27.9. The second-order valence-corrected chi connectivity index (χ2v) is 13.8. The van der Waals surface area contributed by atoms with E-state index in [1.165, 1.54) is 25.6 Å². The van der Waals surface area contributed by atoms with Crippen molar-refractivity contribution in [3.05, 3.63) is 158 Å². The minimum atomic E-state index is 0.576. The zero-order chi connectivity index (χ0) is 33.5. The lowest BCUT2D eigenvalue weighted by Gasteiger charge is -2.15. The number of hydrogen-bond donors (Lipinski definition) is 0. The third kappa shape index (κ3) is 4.22. The predicted octanol–water partition coefficient (Wildman–Crippen LogP) is 11.2. The van der Waals surface area contributed by atoms with Crippen LogP contribution in [0.5, 0.6) is 0 Å². The minimum absolute atomic E-state index is 0.576. The molecule has 0 amide bonds. The molecule has 0 saturated heterocycles. The van der Waals surface area contributed by atoms with Crippen molar-refractivity contribution < 1.29 is 0 Å². The molecule has 5 heterocycles. The van der Waals surface area contributed by atoms with Gasteiger partial charge in [-0.25, -0.2) is 4.98 Å². The molecule has 0 fully saturated rings. The fourth-order valence-corrected chi connectivity index (χ4v) is 8.76. The lowest BCUT2D eigenvalue weighted by atomic mass is 10.1. The van der Waals surface area contributed by atoms with E-state index in [4.69, 9.17) is 15.0 Å². The highest BCUT2D eigenvalue weighted by molar-refractivity contribution is 7.25. The molecule has 11 rings (SSSR count). The molecule has 11 aromatic rings. The second kappa shape index (κ2) is 10.9. The average Bonchev–Trinajstić information content (AvgIpc) is 3.84. The van der Waals surface area contributed by atoms with Crippen LogP contribution < -0.4 is 0 Å². The SMILES string of the molecule is c1ccc(-c2nc(-c3ccccc3-n3c4ccccc4c4cnccc43)nc(-n3c4ccccc4c4cc5c(cc43)sc3ccccc35)n2)cc1. The van der Waals surface area contributed by atoms with Crippen LogP contribution in [-0.4, -0.2) is 29.1 Å². The summed E-state index contributed by atoms with van der Waals surface area (Å²) >= 11 is 1.82. The molecule has 0 unspecified atom stereocenters. The van der Waals surface area contributed by atoms with Crippen molar-refractivity contribution in [2.75, 3.05) is 0 Å². The summed E-state index contributed by atoms with van der Waals surface area (Å²) in [7, 11) is 0. The van der Waals surface area contributed by atoms with E-state index in [1.807, 2.05) is 41.9 Å². The highest BCUT2D eigenvalue weighted by Crippen LogP contribution is 2.41.